The standard InChI is InChI=1S/C17H20N6O2/c1-3-23-7-6-13(20-23)16(24)21-8-10-22(11-9-21)17-19-15-14(25-17)5-4-12(2)18-15/h4-7H,3,8-11H2,1-2H3. The van der Waals surface area contributed by atoms with E-state index < -0.39 is 0 Å². The van der Waals surface area contributed by atoms with Gasteiger partial charge in [0, 0.05) is 44.6 Å². The lowest BCUT2D eigenvalue weighted by molar-refractivity contribution is 0.0738. The van der Waals surface area contributed by atoms with Crippen molar-refractivity contribution in [2.45, 2.75) is 20.4 Å². The molecule has 1 amide bonds. The molecule has 4 heterocycles. The molecule has 25 heavy (non-hydrogen) atoms. The van der Waals surface area contributed by atoms with Crippen LogP contribution in [0, 0.1) is 6.92 Å². The molecule has 3 aromatic rings. The molecule has 8 heteroatoms. The molecule has 0 aromatic carbocycles. The van der Waals surface area contributed by atoms with Crippen LogP contribution in [0.2, 0.25) is 0 Å². The topological polar surface area (TPSA) is 80.3 Å². The smallest absolute Gasteiger partial charge is 0.300 e. The van der Waals surface area contributed by atoms with Crippen LogP contribution in [0.5, 0.6) is 0 Å². The first kappa shape index (κ1) is 15.6. The van der Waals surface area contributed by atoms with Crippen LogP contribution in [0.3, 0.4) is 0 Å². The van der Waals surface area contributed by atoms with Crippen molar-refractivity contribution in [3.8, 4) is 0 Å². The van der Waals surface area contributed by atoms with E-state index in [0.29, 0.717) is 49.1 Å². The normalized spacial score (nSPS) is 15.1. The van der Waals surface area contributed by atoms with E-state index in [4.69, 9.17) is 4.42 Å². The van der Waals surface area contributed by atoms with Gasteiger partial charge in [-0.25, -0.2) is 4.98 Å². The van der Waals surface area contributed by atoms with Crippen LogP contribution in [0.4, 0.5) is 6.01 Å². The number of carbonyl (C=O) groups excluding carboxylic acids is 1. The molecule has 1 aliphatic heterocycles. The zero-order chi connectivity index (χ0) is 17.4. The first-order chi connectivity index (χ1) is 12.1. The molecule has 3 aromatic heterocycles. The fourth-order valence-electron chi connectivity index (χ4n) is 2.95. The number of nitrogens with zero attached hydrogens (tertiary/aromatic N) is 6. The van der Waals surface area contributed by atoms with Crippen molar-refractivity contribution in [2.75, 3.05) is 31.1 Å². The summed E-state index contributed by atoms with van der Waals surface area (Å²) in [5.74, 6) is -0.0262. The molecular formula is C17H20N6O2. The van der Waals surface area contributed by atoms with Crippen molar-refractivity contribution in [1.29, 1.82) is 0 Å². The molecule has 8 nitrogen and oxygen atoms in total. The minimum atomic E-state index is -0.0262. The number of rotatable bonds is 3. The van der Waals surface area contributed by atoms with E-state index in [-0.39, 0.29) is 5.91 Å². The Hall–Kier alpha value is -2.90. The van der Waals surface area contributed by atoms with Gasteiger partial charge in [-0.2, -0.15) is 10.1 Å². The third-order valence-corrected chi connectivity index (χ3v) is 4.40. The maximum absolute atomic E-state index is 12.5. The van der Waals surface area contributed by atoms with Crippen molar-refractivity contribution >= 4 is 23.2 Å². The molecule has 1 saturated heterocycles. The first-order valence-electron chi connectivity index (χ1n) is 8.46. The predicted octanol–water partition coefficient (Wildman–Crippen LogP) is 1.71. The number of hydrogen-bond acceptors (Lipinski definition) is 6. The van der Waals surface area contributed by atoms with Crippen molar-refractivity contribution < 1.29 is 9.21 Å². The number of piperazine rings is 1. The van der Waals surface area contributed by atoms with Crippen LogP contribution in [0.25, 0.3) is 11.2 Å². The molecule has 0 bridgehead atoms. The van der Waals surface area contributed by atoms with Crippen LogP contribution < -0.4 is 4.90 Å². The second kappa shape index (κ2) is 6.19. The Morgan fingerprint density at radius 2 is 1.96 bits per heavy atom. The molecule has 4 rings (SSSR count). The van der Waals surface area contributed by atoms with Crippen molar-refractivity contribution in [1.82, 2.24) is 24.6 Å². The van der Waals surface area contributed by atoms with Crippen LogP contribution in [-0.2, 0) is 6.54 Å². The minimum Gasteiger partial charge on any atom is -0.422 e. The zero-order valence-corrected chi connectivity index (χ0v) is 14.3. The maximum Gasteiger partial charge on any atom is 0.300 e. The average Bonchev–Trinajstić information content (AvgIpc) is 3.27. The van der Waals surface area contributed by atoms with Gasteiger partial charge in [-0.05, 0) is 32.0 Å². The summed E-state index contributed by atoms with van der Waals surface area (Å²) in [5.41, 5.74) is 2.72. The Morgan fingerprint density at radius 1 is 1.16 bits per heavy atom. The number of pyridine rings is 1. The molecule has 1 aliphatic rings. The molecule has 0 aliphatic carbocycles. The highest BCUT2D eigenvalue weighted by Crippen LogP contribution is 2.22. The molecule has 0 unspecified atom stereocenters. The van der Waals surface area contributed by atoms with Gasteiger partial charge in [0.2, 0.25) is 5.65 Å². The number of carbonyl (C=O) groups is 1. The van der Waals surface area contributed by atoms with E-state index >= 15 is 0 Å². The van der Waals surface area contributed by atoms with Crippen LogP contribution >= 0.6 is 0 Å². The van der Waals surface area contributed by atoms with Crippen molar-refractivity contribution in [3.63, 3.8) is 0 Å². The predicted molar refractivity (Wildman–Crippen MR) is 92.6 cm³/mol. The number of aromatic nitrogens is 4. The first-order valence-corrected chi connectivity index (χ1v) is 8.46. The number of fused-ring (bicyclic) bond motifs is 1. The highest BCUT2D eigenvalue weighted by atomic mass is 16.4. The summed E-state index contributed by atoms with van der Waals surface area (Å²) < 4.78 is 7.55. The van der Waals surface area contributed by atoms with Gasteiger partial charge in [0.05, 0.1) is 0 Å². The van der Waals surface area contributed by atoms with Gasteiger partial charge in [0.25, 0.3) is 11.9 Å². The van der Waals surface area contributed by atoms with Crippen molar-refractivity contribution in [3.05, 3.63) is 35.8 Å². The van der Waals surface area contributed by atoms with E-state index in [0.717, 1.165) is 12.2 Å². The third-order valence-electron chi connectivity index (χ3n) is 4.40. The Morgan fingerprint density at radius 3 is 2.68 bits per heavy atom. The monoisotopic (exact) mass is 340 g/mol. The lowest BCUT2D eigenvalue weighted by atomic mass is 10.3. The van der Waals surface area contributed by atoms with E-state index in [1.54, 1.807) is 10.7 Å². The summed E-state index contributed by atoms with van der Waals surface area (Å²) in [7, 11) is 0. The summed E-state index contributed by atoms with van der Waals surface area (Å²) in [6, 6.07) is 6.13. The second-order valence-corrected chi connectivity index (χ2v) is 6.11. The van der Waals surface area contributed by atoms with E-state index in [9.17, 15) is 4.79 Å². The summed E-state index contributed by atoms with van der Waals surface area (Å²) in [6.07, 6.45) is 1.83. The number of hydrogen-bond donors (Lipinski definition) is 0. The molecule has 0 atom stereocenters. The van der Waals surface area contributed by atoms with Gasteiger partial charge >= 0.3 is 0 Å². The summed E-state index contributed by atoms with van der Waals surface area (Å²) >= 11 is 0. The maximum atomic E-state index is 12.5. The summed E-state index contributed by atoms with van der Waals surface area (Å²) in [6.45, 7) is 7.26. The number of amides is 1. The van der Waals surface area contributed by atoms with Gasteiger partial charge in [-0.3, -0.25) is 9.48 Å². The van der Waals surface area contributed by atoms with Crippen LogP contribution in [-0.4, -0.2) is 56.7 Å². The molecule has 0 spiro atoms. The Balaban J connectivity index is 1.44. The van der Waals surface area contributed by atoms with E-state index in [2.05, 4.69) is 15.1 Å². The summed E-state index contributed by atoms with van der Waals surface area (Å²) in [4.78, 5) is 25.2. The Labute approximate surface area is 145 Å². The zero-order valence-electron chi connectivity index (χ0n) is 14.3. The fourth-order valence-corrected chi connectivity index (χ4v) is 2.95. The van der Waals surface area contributed by atoms with Gasteiger partial charge in [-0.1, -0.05) is 0 Å². The Bertz CT molecular complexity index is 907. The fraction of sp³-hybridized carbons (Fsp3) is 0.412. The van der Waals surface area contributed by atoms with Crippen LogP contribution in [0.1, 0.15) is 23.1 Å². The molecular weight excluding hydrogens is 320 g/mol. The second-order valence-electron chi connectivity index (χ2n) is 6.11. The number of anilines is 1. The number of aryl methyl sites for hydroxylation is 2. The Kier molecular flexibility index (Phi) is 3.87. The van der Waals surface area contributed by atoms with Crippen LogP contribution in [0.15, 0.2) is 28.8 Å². The summed E-state index contributed by atoms with van der Waals surface area (Å²) in [5, 5.41) is 4.29. The highest BCUT2D eigenvalue weighted by molar-refractivity contribution is 5.92. The van der Waals surface area contributed by atoms with Gasteiger partial charge < -0.3 is 14.2 Å². The van der Waals surface area contributed by atoms with E-state index in [1.165, 1.54) is 0 Å². The van der Waals surface area contributed by atoms with Crippen molar-refractivity contribution in [2.24, 2.45) is 0 Å². The van der Waals surface area contributed by atoms with Gasteiger partial charge in [0.1, 0.15) is 5.69 Å². The lowest BCUT2D eigenvalue weighted by Gasteiger charge is -2.33. The van der Waals surface area contributed by atoms with E-state index in [1.807, 2.05) is 42.0 Å². The molecule has 1 fully saturated rings. The molecule has 0 saturated carbocycles. The third kappa shape index (κ3) is 2.95. The highest BCUT2D eigenvalue weighted by Gasteiger charge is 2.26. The SMILES string of the molecule is CCn1ccc(C(=O)N2CCN(c3nc4nc(C)ccc4o3)CC2)n1. The van der Waals surface area contributed by atoms with Gasteiger partial charge in [0.15, 0.2) is 5.58 Å². The minimum absolute atomic E-state index is 0.0262. The average molecular weight is 340 g/mol. The largest absolute Gasteiger partial charge is 0.422 e. The molecule has 0 N–H and O–H groups in total. The van der Waals surface area contributed by atoms with Gasteiger partial charge in [-0.15, -0.1) is 0 Å². The lowest BCUT2D eigenvalue weighted by Crippen LogP contribution is -2.49. The quantitative estimate of drug-likeness (QED) is 0.722. The molecule has 130 valence electrons. The molecule has 0 radical (unpaired) electrons. The number of oxazole rings is 1.